The molecule has 0 fully saturated rings. The second-order valence-corrected chi connectivity index (χ2v) is 4.07. The largest absolute Gasteiger partial charge is 0.427 e. The van der Waals surface area contributed by atoms with E-state index in [1.807, 2.05) is 0 Å². The van der Waals surface area contributed by atoms with Gasteiger partial charge in [0, 0.05) is 6.42 Å². The first kappa shape index (κ1) is 16.2. The van der Waals surface area contributed by atoms with Gasteiger partial charge < -0.3 is 4.74 Å². The summed E-state index contributed by atoms with van der Waals surface area (Å²) in [4.78, 5) is 11.6. The van der Waals surface area contributed by atoms with E-state index >= 15 is 0 Å². The molecule has 20 heavy (non-hydrogen) atoms. The van der Waals surface area contributed by atoms with E-state index in [-0.39, 0.29) is 6.61 Å². The predicted octanol–water partition coefficient (Wildman–Crippen LogP) is 2.07. The molecule has 1 amide bonds. The molecule has 0 bridgehead atoms. The number of benzene rings is 1. The molecule has 0 spiro atoms. The van der Waals surface area contributed by atoms with Crippen molar-refractivity contribution < 1.29 is 22.7 Å². The quantitative estimate of drug-likeness (QED) is 0.364. The van der Waals surface area contributed by atoms with Gasteiger partial charge in [-0.3, -0.25) is 10.2 Å². The Balaban J connectivity index is 3.03. The molecule has 0 heterocycles. The highest BCUT2D eigenvalue weighted by molar-refractivity contribution is 5.86. The summed E-state index contributed by atoms with van der Waals surface area (Å²) in [5, 5.41) is 0. The Kier molecular flexibility index (Phi) is 5.29. The van der Waals surface area contributed by atoms with Gasteiger partial charge in [-0.05, 0) is 5.56 Å². The lowest BCUT2D eigenvalue weighted by Gasteiger charge is -2.32. The molecule has 1 atom stereocenters. The summed E-state index contributed by atoms with van der Waals surface area (Å²) < 4.78 is 44.5. The third kappa shape index (κ3) is 3.37. The van der Waals surface area contributed by atoms with Gasteiger partial charge in [-0.25, -0.2) is 5.84 Å². The molecular weight excluding hydrogens is 273 g/mol. The zero-order valence-corrected chi connectivity index (χ0v) is 10.6. The van der Waals surface area contributed by atoms with Crippen LogP contribution in [-0.4, -0.2) is 17.7 Å². The highest BCUT2D eigenvalue weighted by atomic mass is 19.4. The van der Waals surface area contributed by atoms with Crippen molar-refractivity contribution >= 4 is 5.91 Å². The maximum atomic E-state index is 13.2. The first-order valence-electron chi connectivity index (χ1n) is 5.74. The van der Waals surface area contributed by atoms with E-state index in [9.17, 15) is 18.0 Å². The lowest BCUT2D eigenvalue weighted by molar-refractivity contribution is -0.269. The molecular formula is C13H15F3N2O2. The molecule has 110 valence electrons. The number of hydrogen-bond donors (Lipinski definition) is 2. The Morgan fingerprint density at radius 2 is 1.95 bits per heavy atom. The summed E-state index contributed by atoms with van der Waals surface area (Å²) in [6.45, 7) is 2.86. The number of hydrazine groups is 1. The van der Waals surface area contributed by atoms with Crippen molar-refractivity contribution in [1.29, 1.82) is 0 Å². The minimum atomic E-state index is -4.92. The van der Waals surface area contributed by atoms with Gasteiger partial charge in [0.15, 0.2) is 0 Å². The molecule has 0 saturated heterocycles. The van der Waals surface area contributed by atoms with E-state index in [0.29, 0.717) is 5.56 Å². The molecule has 1 aromatic rings. The van der Waals surface area contributed by atoms with Gasteiger partial charge in [0.2, 0.25) is 5.60 Å². The van der Waals surface area contributed by atoms with Crippen LogP contribution >= 0.6 is 0 Å². The Hall–Kier alpha value is -1.86. The number of nitrogens with one attached hydrogen (secondary N) is 1. The smallest absolute Gasteiger partial charge is 0.352 e. The Morgan fingerprint density at radius 3 is 2.40 bits per heavy atom. The van der Waals surface area contributed by atoms with Crippen LogP contribution in [0.2, 0.25) is 0 Å². The van der Waals surface area contributed by atoms with Gasteiger partial charge >= 0.3 is 6.18 Å². The molecule has 0 aliphatic carbocycles. The van der Waals surface area contributed by atoms with Crippen LogP contribution in [0.4, 0.5) is 13.2 Å². The van der Waals surface area contributed by atoms with Crippen molar-refractivity contribution in [2.24, 2.45) is 5.84 Å². The van der Waals surface area contributed by atoms with Crippen LogP contribution in [0.3, 0.4) is 0 Å². The van der Waals surface area contributed by atoms with Gasteiger partial charge in [-0.2, -0.15) is 13.2 Å². The van der Waals surface area contributed by atoms with Crippen LogP contribution in [0.1, 0.15) is 12.0 Å². The number of alkyl halides is 3. The summed E-state index contributed by atoms with van der Waals surface area (Å²) in [7, 11) is 0. The first-order valence-corrected chi connectivity index (χ1v) is 5.74. The monoisotopic (exact) mass is 288 g/mol. The highest BCUT2D eigenvalue weighted by Gasteiger charge is 2.61. The summed E-state index contributed by atoms with van der Waals surface area (Å²) in [6, 6.07) is 8.22. The van der Waals surface area contributed by atoms with E-state index in [2.05, 4.69) is 6.58 Å². The number of ether oxygens (including phenoxy) is 1. The van der Waals surface area contributed by atoms with Gasteiger partial charge in [0.25, 0.3) is 5.91 Å². The Bertz CT molecular complexity index is 462. The maximum absolute atomic E-state index is 13.2. The standard InChI is InChI=1S/C13H15F3N2O2/c1-2-8-12(11(19)18-17,13(14,15)16)20-9-10-6-4-3-5-7-10/h2-7H,1,8-9,17H2,(H,18,19)/t12-/m0/s1. The molecule has 0 aromatic heterocycles. The van der Waals surface area contributed by atoms with Crippen LogP contribution in [0.5, 0.6) is 0 Å². The van der Waals surface area contributed by atoms with Crippen LogP contribution in [-0.2, 0) is 16.1 Å². The average molecular weight is 288 g/mol. The SMILES string of the molecule is C=CC[C@](OCc1ccccc1)(C(=O)NN)C(F)(F)F. The molecule has 1 aromatic carbocycles. The topological polar surface area (TPSA) is 64.3 Å². The van der Waals surface area contributed by atoms with Crippen LogP contribution in [0.25, 0.3) is 0 Å². The fraction of sp³-hybridized carbons (Fsp3) is 0.308. The van der Waals surface area contributed by atoms with Crippen molar-refractivity contribution in [2.75, 3.05) is 0 Å². The molecule has 0 saturated carbocycles. The summed E-state index contributed by atoms with van der Waals surface area (Å²) >= 11 is 0. The van der Waals surface area contributed by atoms with E-state index in [0.717, 1.165) is 6.08 Å². The maximum Gasteiger partial charge on any atom is 0.427 e. The van der Waals surface area contributed by atoms with Crippen molar-refractivity contribution in [3.8, 4) is 0 Å². The lowest BCUT2D eigenvalue weighted by atomic mass is 9.97. The molecule has 0 unspecified atom stereocenters. The Labute approximate surface area is 114 Å². The van der Waals surface area contributed by atoms with Crippen LogP contribution in [0, 0.1) is 0 Å². The van der Waals surface area contributed by atoms with E-state index in [1.165, 1.54) is 5.43 Å². The number of rotatable bonds is 6. The molecule has 1 rings (SSSR count). The number of amides is 1. The average Bonchev–Trinajstić information content (AvgIpc) is 2.42. The van der Waals surface area contributed by atoms with Gasteiger partial charge in [0.05, 0.1) is 6.61 Å². The third-order valence-electron chi connectivity index (χ3n) is 2.72. The molecule has 4 nitrogen and oxygen atoms in total. The minimum Gasteiger partial charge on any atom is -0.352 e. The number of nitrogens with two attached hydrogens (primary N) is 1. The van der Waals surface area contributed by atoms with Crippen molar-refractivity contribution in [1.82, 2.24) is 5.43 Å². The Morgan fingerprint density at radius 1 is 1.35 bits per heavy atom. The second kappa shape index (κ2) is 6.53. The van der Waals surface area contributed by atoms with Crippen molar-refractivity contribution in [3.63, 3.8) is 0 Å². The first-order chi connectivity index (χ1) is 9.37. The highest BCUT2D eigenvalue weighted by Crippen LogP contribution is 2.37. The van der Waals surface area contributed by atoms with Gasteiger partial charge in [-0.1, -0.05) is 36.4 Å². The van der Waals surface area contributed by atoms with E-state index in [1.54, 1.807) is 30.3 Å². The number of hydrogen-bond acceptors (Lipinski definition) is 3. The summed E-state index contributed by atoms with van der Waals surface area (Å²) in [6.07, 6.45) is -4.68. The molecule has 0 radical (unpaired) electrons. The number of carbonyl (C=O) groups excluding carboxylic acids is 1. The molecule has 3 N–H and O–H groups in total. The number of halogens is 3. The fourth-order valence-electron chi connectivity index (χ4n) is 1.64. The van der Waals surface area contributed by atoms with E-state index < -0.39 is 24.1 Å². The molecule has 0 aliphatic rings. The fourth-order valence-corrected chi connectivity index (χ4v) is 1.64. The van der Waals surface area contributed by atoms with Crippen LogP contribution < -0.4 is 11.3 Å². The third-order valence-corrected chi connectivity index (χ3v) is 2.72. The summed E-state index contributed by atoms with van der Waals surface area (Å²) in [5.41, 5.74) is -1.03. The lowest BCUT2D eigenvalue weighted by Crippen LogP contribution is -2.59. The zero-order chi connectivity index (χ0) is 15.2. The number of carbonyl (C=O) groups is 1. The van der Waals surface area contributed by atoms with Crippen molar-refractivity contribution in [2.45, 2.75) is 24.8 Å². The van der Waals surface area contributed by atoms with E-state index in [4.69, 9.17) is 10.6 Å². The van der Waals surface area contributed by atoms with Crippen molar-refractivity contribution in [3.05, 3.63) is 48.6 Å². The van der Waals surface area contributed by atoms with Gasteiger partial charge in [-0.15, -0.1) is 6.58 Å². The second-order valence-electron chi connectivity index (χ2n) is 4.07. The predicted molar refractivity (Wildman–Crippen MR) is 67.2 cm³/mol. The van der Waals surface area contributed by atoms with Crippen LogP contribution in [0.15, 0.2) is 43.0 Å². The molecule has 7 heteroatoms. The normalized spacial score (nSPS) is 14.4. The minimum absolute atomic E-state index is 0.373. The van der Waals surface area contributed by atoms with Gasteiger partial charge in [0.1, 0.15) is 0 Å². The summed E-state index contributed by atoms with van der Waals surface area (Å²) in [5.74, 6) is 3.38. The zero-order valence-electron chi connectivity index (χ0n) is 10.6. The molecule has 0 aliphatic heterocycles.